The van der Waals surface area contributed by atoms with Crippen molar-refractivity contribution < 1.29 is 26.4 Å². The van der Waals surface area contributed by atoms with Crippen molar-refractivity contribution in [1.29, 1.82) is 0 Å². The zero-order valence-corrected chi connectivity index (χ0v) is 17.1. The van der Waals surface area contributed by atoms with Gasteiger partial charge < -0.3 is 10.6 Å². The molecule has 1 atom stereocenters. The Kier molecular flexibility index (Phi) is 5.47. The number of hydrogen-bond acceptors (Lipinski definition) is 4. The van der Waals surface area contributed by atoms with Crippen molar-refractivity contribution in [1.82, 2.24) is 5.32 Å². The highest BCUT2D eigenvalue weighted by Crippen LogP contribution is 2.33. The van der Waals surface area contributed by atoms with Gasteiger partial charge in [0, 0.05) is 16.8 Å². The number of hydrogen-bond donors (Lipinski definition) is 2. The summed E-state index contributed by atoms with van der Waals surface area (Å²) >= 11 is 0. The number of halogens is 3. The molecule has 32 heavy (non-hydrogen) atoms. The van der Waals surface area contributed by atoms with Gasteiger partial charge in [-0.05, 0) is 42.0 Å². The molecule has 0 spiro atoms. The van der Waals surface area contributed by atoms with Crippen molar-refractivity contribution >= 4 is 27.5 Å². The maximum Gasteiger partial charge on any atom is 0.412 e. The molecule has 0 saturated heterocycles. The number of carbonyl (C=O) groups excluding carboxylic acids is 1. The molecule has 1 amide bonds. The van der Waals surface area contributed by atoms with Crippen LogP contribution in [0.2, 0.25) is 0 Å². The molecule has 0 bridgehead atoms. The number of rotatable bonds is 4. The molecule has 0 radical (unpaired) electrons. The molecule has 1 aliphatic rings. The lowest BCUT2D eigenvalue weighted by Gasteiger charge is -2.22. The van der Waals surface area contributed by atoms with E-state index in [1.165, 1.54) is 54.6 Å². The summed E-state index contributed by atoms with van der Waals surface area (Å²) < 4.78 is 68.4. The minimum atomic E-state index is -4.67. The normalized spacial score (nSPS) is 15.4. The summed E-state index contributed by atoms with van der Waals surface area (Å²) in [5.41, 5.74) is 0.765. The number of carbonyl (C=O) groups is 1. The van der Waals surface area contributed by atoms with Crippen LogP contribution in [0.5, 0.6) is 0 Å². The van der Waals surface area contributed by atoms with Crippen molar-refractivity contribution in [3.05, 3.63) is 95.6 Å². The van der Waals surface area contributed by atoms with E-state index >= 15 is 0 Å². The molecule has 1 aliphatic heterocycles. The number of amides is 1. The molecule has 6 nitrogen and oxygen atoms in total. The number of benzene rings is 3. The summed E-state index contributed by atoms with van der Waals surface area (Å²) in [6, 6.07) is 16.8. The highest BCUT2D eigenvalue weighted by molar-refractivity contribution is 7.90. The number of nitrogens with one attached hydrogen (secondary N) is 2. The number of amidine groups is 1. The molecule has 0 saturated carbocycles. The molecule has 1 heterocycles. The number of sulfonamides is 1. The van der Waals surface area contributed by atoms with E-state index in [9.17, 15) is 26.4 Å². The standard InChI is InChI=1S/C22H16F3N3O3S/c23-22(24,25)19(14-6-2-1-3-7-14)27-21(29)15-10-12-16(13-11-15)26-20-17-8-4-5-9-18(17)32(30,31)28-20/h1-13,19H,(H,26,28)(H,27,29). The van der Waals surface area contributed by atoms with Gasteiger partial charge in [-0.2, -0.15) is 21.6 Å². The molecule has 3 aromatic rings. The maximum absolute atomic E-state index is 13.5. The van der Waals surface area contributed by atoms with Gasteiger partial charge in [-0.1, -0.05) is 42.5 Å². The zero-order chi connectivity index (χ0) is 22.9. The first-order valence-corrected chi connectivity index (χ1v) is 10.8. The molecule has 10 heteroatoms. The second-order valence-corrected chi connectivity index (χ2v) is 8.54. The Hall–Kier alpha value is -3.66. The van der Waals surface area contributed by atoms with E-state index in [0.717, 1.165) is 0 Å². The summed E-state index contributed by atoms with van der Waals surface area (Å²) in [6.07, 6.45) is -4.67. The zero-order valence-electron chi connectivity index (χ0n) is 16.3. The SMILES string of the molecule is O=C(NC(c1ccccc1)C(F)(F)F)c1ccc(NC2=NS(=O)(=O)c3ccccc32)cc1. The Bertz CT molecular complexity index is 1290. The van der Waals surface area contributed by atoms with Crippen molar-refractivity contribution in [2.45, 2.75) is 17.1 Å². The van der Waals surface area contributed by atoms with Crippen molar-refractivity contribution in [2.24, 2.45) is 4.40 Å². The molecule has 4 rings (SSSR count). The first-order chi connectivity index (χ1) is 15.1. The Morgan fingerprint density at radius 2 is 1.50 bits per heavy atom. The van der Waals surface area contributed by atoms with Crippen LogP contribution in [0.15, 0.2) is 88.2 Å². The van der Waals surface area contributed by atoms with Gasteiger partial charge in [0.05, 0.1) is 0 Å². The van der Waals surface area contributed by atoms with E-state index in [1.54, 1.807) is 24.3 Å². The first-order valence-electron chi connectivity index (χ1n) is 9.39. The fraction of sp³-hybridized carbons (Fsp3) is 0.0909. The Balaban J connectivity index is 1.51. The number of nitrogens with zero attached hydrogens (tertiary/aromatic N) is 1. The van der Waals surface area contributed by atoms with Gasteiger partial charge in [0.2, 0.25) is 0 Å². The van der Waals surface area contributed by atoms with Crippen molar-refractivity contribution in [3.63, 3.8) is 0 Å². The minimum absolute atomic E-state index is 0.0158. The van der Waals surface area contributed by atoms with Crippen LogP contribution in [0.25, 0.3) is 0 Å². The van der Waals surface area contributed by atoms with Gasteiger partial charge in [0.25, 0.3) is 15.9 Å². The maximum atomic E-state index is 13.5. The summed E-state index contributed by atoms with van der Waals surface area (Å²) in [5, 5.41) is 4.89. The van der Waals surface area contributed by atoms with Gasteiger partial charge in [-0.15, -0.1) is 4.40 Å². The fourth-order valence-electron chi connectivity index (χ4n) is 3.25. The highest BCUT2D eigenvalue weighted by atomic mass is 32.2. The summed E-state index contributed by atoms with van der Waals surface area (Å²) in [5.74, 6) is -0.770. The molecule has 0 aliphatic carbocycles. The predicted molar refractivity (Wildman–Crippen MR) is 113 cm³/mol. The molecule has 3 aromatic carbocycles. The molecular weight excluding hydrogens is 443 g/mol. The van der Waals surface area contributed by atoms with Crippen LogP contribution >= 0.6 is 0 Å². The third kappa shape index (κ3) is 4.35. The Labute approximate surface area is 181 Å². The van der Waals surface area contributed by atoms with E-state index in [4.69, 9.17) is 0 Å². The van der Waals surface area contributed by atoms with Crippen LogP contribution in [-0.4, -0.2) is 26.3 Å². The van der Waals surface area contributed by atoms with Gasteiger partial charge in [0.15, 0.2) is 11.9 Å². The van der Waals surface area contributed by atoms with E-state index in [0.29, 0.717) is 11.3 Å². The fourth-order valence-corrected chi connectivity index (χ4v) is 4.43. The van der Waals surface area contributed by atoms with Crippen LogP contribution in [0.4, 0.5) is 18.9 Å². The lowest BCUT2D eigenvalue weighted by molar-refractivity contribution is -0.155. The van der Waals surface area contributed by atoms with Crippen LogP contribution in [0.3, 0.4) is 0 Å². The molecule has 164 valence electrons. The van der Waals surface area contributed by atoms with E-state index in [-0.39, 0.29) is 21.9 Å². The van der Waals surface area contributed by atoms with Crippen LogP contribution in [0.1, 0.15) is 27.5 Å². The molecule has 0 aromatic heterocycles. The lowest BCUT2D eigenvalue weighted by Crippen LogP contribution is -2.38. The van der Waals surface area contributed by atoms with Crippen LogP contribution in [0, 0.1) is 0 Å². The Morgan fingerprint density at radius 1 is 0.875 bits per heavy atom. The van der Waals surface area contributed by atoms with Crippen LogP contribution < -0.4 is 10.6 Å². The third-order valence-electron chi connectivity index (χ3n) is 4.78. The minimum Gasteiger partial charge on any atom is -0.339 e. The van der Waals surface area contributed by atoms with Gasteiger partial charge in [-0.25, -0.2) is 0 Å². The largest absolute Gasteiger partial charge is 0.412 e. The summed E-state index contributed by atoms with van der Waals surface area (Å²) in [6.45, 7) is 0. The van der Waals surface area contributed by atoms with Crippen molar-refractivity contribution in [3.8, 4) is 0 Å². The third-order valence-corrected chi connectivity index (χ3v) is 6.11. The quantitative estimate of drug-likeness (QED) is 0.610. The predicted octanol–water partition coefficient (Wildman–Crippen LogP) is 4.28. The van der Waals surface area contributed by atoms with E-state index in [2.05, 4.69) is 9.71 Å². The molecular formula is C22H16F3N3O3S. The van der Waals surface area contributed by atoms with E-state index < -0.39 is 28.1 Å². The second-order valence-electron chi connectivity index (χ2n) is 6.97. The van der Waals surface area contributed by atoms with Crippen LogP contribution in [-0.2, 0) is 10.0 Å². The smallest absolute Gasteiger partial charge is 0.339 e. The number of anilines is 1. The first kappa shape index (κ1) is 21.6. The molecule has 2 N–H and O–H groups in total. The second kappa shape index (κ2) is 8.12. The van der Waals surface area contributed by atoms with E-state index in [1.807, 2.05) is 5.32 Å². The van der Waals surface area contributed by atoms with Gasteiger partial charge in [-0.3, -0.25) is 4.79 Å². The monoisotopic (exact) mass is 459 g/mol. The Morgan fingerprint density at radius 3 is 2.16 bits per heavy atom. The van der Waals surface area contributed by atoms with Crippen molar-refractivity contribution in [2.75, 3.05) is 5.32 Å². The average Bonchev–Trinajstić information content (AvgIpc) is 3.02. The summed E-state index contributed by atoms with van der Waals surface area (Å²) in [7, 11) is -3.80. The molecule has 1 unspecified atom stereocenters. The topological polar surface area (TPSA) is 87.6 Å². The van der Waals surface area contributed by atoms with Gasteiger partial charge in [0.1, 0.15) is 4.90 Å². The molecule has 0 fully saturated rings. The summed E-state index contributed by atoms with van der Waals surface area (Å²) in [4.78, 5) is 12.5. The van der Waals surface area contributed by atoms with Gasteiger partial charge >= 0.3 is 6.18 Å². The number of fused-ring (bicyclic) bond motifs is 1. The lowest BCUT2D eigenvalue weighted by atomic mass is 10.1. The number of alkyl halides is 3. The highest BCUT2D eigenvalue weighted by Gasteiger charge is 2.41. The average molecular weight is 459 g/mol.